The first kappa shape index (κ1) is 24.0. The van der Waals surface area contributed by atoms with Gasteiger partial charge in [-0.2, -0.15) is 15.5 Å². The number of nitriles is 1. The molecule has 4 heterocycles. The number of nitrogens with one attached hydrogen (secondary N) is 1. The van der Waals surface area contributed by atoms with Crippen LogP contribution in [0.4, 0.5) is 15.9 Å². The molecule has 2 aromatic carbocycles. The number of halogens is 1. The molecule has 0 aliphatic carbocycles. The highest BCUT2D eigenvalue weighted by molar-refractivity contribution is 5.85. The van der Waals surface area contributed by atoms with Crippen molar-refractivity contribution in [3.05, 3.63) is 84.2 Å². The second-order valence-corrected chi connectivity index (χ2v) is 9.64. The van der Waals surface area contributed by atoms with E-state index in [1.807, 2.05) is 45.9 Å². The Morgan fingerprint density at radius 1 is 0.974 bits per heavy atom. The summed E-state index contributed by atoms with van der Waals surface area (Å²) in [5, 5.41) is 22.4. The van der Waals surface area contributed by atoms with Crippen LogP contribution in [0.25, 0.3) is 16.4 Å². The van der Waals surface area contributed by atoms with Crippen molar-refractivity contribution in [2.24, 2.45) is 0 Å². The first-order valence-electron chi connectivity index (χ1n) is 12.8. The molecule has 5 aromatic rings. The van der Waals surface area contributed by atoms with Crippen molar-refractivity contribution in [3.63, 3.8) is 0 Å². The average molecular weight is 510 g/mol. The van der Waals surface area contributed by atoms with Crippen molar-refractivity contribution in [3.8, 4) is 6.07 Å². The third-order valence-corrected chi connectivity index (χ3v) is 7.03. The van der Waals surface area contributed by atoms with Crippen LogP contribution < -0.4 is 5.32 Å². The molecule has 0 unspecified atom stereocenters. The third-order valence-electron chi connectivity index (χ3n) is 7.03. The van der Waals surface area contributed by atoms with Crippen LogP contribution in [-0.4, -0.2) is 66.9 Å². The lowest BCUT2D eigenvalue weighted by Gasteiger charge is -2.20. The third kappa shape index (κ3) is 5.07. The van der Waals surface area contributed by atoms with Crippen LogP contribution >= 0.6 is 0 Å². The van der Waals surface area contributed by atoms with E-state index >= 15 is 0 Å². The lowest BCUT2D eigenvalue weighted by atomic mass is 10.2. The first-order chi connectivity index (χ1) is 18.7. The number of hydrogen-bond donors (Lipinski definition) is 1. The van der Waals surface area contributed by atoms with Crippen LogP contribution in [0.15, 0.2) is 67.3 Å². The fraction of sp³-hybridized carbons (Fsp3) is 0.286. The zero-order valence-corrected chi connectivity index (χ0v) is 21.0. The Labute approximate surface area is 219 Å². The van der Waals surface area contributed by atoms with Crippen molar-refractivity contribution >= 4 is 27.9 Å². The van der Waals surface area contributed by atoms with Gasteiger partial charge in [0.2, 0.25) is 0 Å². The van der Waals surface area contributed by atoms with Gasteiger partial charge in [0.05, 0.1) is 30.9 Å². The smallest absolute Gasteiger partial charge is 0.158 e. The maximum absolute atomic E-state index is 13.6. The normalized spacial score (nSPS) is 15.1. The van der Waals surface area contributed by atoms with Gasteiger partial charge in [-0.25, -0.2) is 13.9 Å². The molecule has 0 atom stereocenters. The highest BCUT2D eigenvalue weighted by Crippen LogP contribution is 2.27. The minimum atomic E-state index is -0.247. The van der Waals surface area contributed by atoms with E-state index in [1.165, 1.54) is 12.1 Å². The SMILES string of the molecule is N#CCN1CCCN(Cc2ccn3ncnc(Nc4ccc5c(cnn5Cc5cccc(F)c5)c4)c23)CC1. The monoisotopic (exact) mass is 509 g/mol. The highest BCUT2D eigenvalue weighted by Gasteiger charge is 2.18. The summed E-state index contributed by atoms with van der Waals surface area (Å²) in [6.07, 6.45) is 6.40. The lowest BCUT2D eigenvalue weighted by molar-refractivity contribution is 0.264. The molecule has 0 radical (unpaired) electrons. The summed E-state index contributed by atoms with van der Waals surface area (Å²) >= 11 is 0. The largest absolute Gasteiger partial charge is 0.338 e. The second kappa shape index (κ2) is 10.6. The molecular weight excluding hydrogens is 481 g/mol. The summed E-state index contributed by atoms with van der Waals surface area (Å²) in [6, 6.07) is 17.0. The number of benzene rings is 2. The fourth-order valence-corrected chi connectivity index (χ4v) is 5.15. The molecule has 38 heavy (non-hydrogen) atoms. The Hall–Kier alpha value is -4.33. The predicted molar refractivity (Wildman–Crippen MR) is 143 cm³/mol. The van der Waals surface area contributed by atoms with Gasteiger partial charge < -0.3 is 5.32 Å². The molecule has 10 heteroatoms. The summed E-state index contributed by atoms with van der Waals surface area (Å²) in [7, 11) is 0. The van der Waals surface area contributed by atoms with Gasteiger partial charge in [-0.3, -0.25) is 14.5 Å². The molecule has 1 aliphatic heterocycles. The minimum absolute atomic E-state index is 0.247. The molecule has 1 aliphatic rings. The van der Waals surface area contributed by atoms with Crippen molar-refractivity contribution in [1.29, 1.82) is 5.26 Å². The molecule has 192 valence electrons. The molecule has 0 amide bonds. The molecular formula is C28H28FN9. The Balaban J connectivity index is 1.22. The highest BCUT2D eigenvalue weighted by atomic mass is 19.1. The zero-order chi connectivity index (χ0) is 25.9. The van der Waals surface area contributed by atoms with Gasteiger partial charge >= 0.3 is 0 Å². The number of anilines is 2. The van der Waals surface area contributed by atoms with Gasteiger partial charge in [0.25, 0.3) is 0 Å². The standard InChI is InChI=1S/C28H28FN9/c29-24-4-1-3-21(15-24)18-38-26-6-5-25(16-23(26)17-32-38)34-28-27-22(7-11-37(27)33-20-31-28)19-36-10-2-9-35(12-8-30)13-14-36/h1,3-7,11,15-17,20H,2,9-10,12-14,18-19H2,(H,31,33,34). The zero-order valence-electron chi connectivity index (χ0n) is 21.0. The Kier molecular flexibility index (Phi) is 6.69. The Morgan fingerprint density at radius 2 is 1.87 bits per heavy atom. The van der Waals surface area contributed by atoms with Crippen molar-refractivity contribution in [2.75, 3.05) is 38.0 Å². The fourth-order valence-electron chi connectivity index (χ4n) is 5.15. The topological polar surface area (TPSA) is 90.3 Å². The van der Waals surface area contributed by atoms with Gasteiger partial charge in [0.1, 0.15) is 17.7 Å². The van der Waals surface area contributed by atoms with E-state index in [0.717, 1.165) is 78.2 Å². The van der Waals surface area contributed by atoms with Gasteiger partial charge in [-0.05, 0) is 60.5 Å². The van der Waals surface area contributed by atoms with E-state index in [4.69, 9.17) is 5.26 Å². The van der Waals surface area contributed by atoms with Crippen LogP contribution in [-0.2, 0) is 13.1 Å². The van der Waals surface area contributed by atoms with Crippen LogP contribution in [0.1, 0.15) is 17.5 Å². The molecule has 0 saturated carbocycles. The summed E-state index contributed by atoms with van der Waals surface area (Å²) < 4.78 is 17.4. The van der Waals surface area contributed by atoms with E-state index in [0.29, 0.717) is 13.1 Å². The van der Waals surface area contributed by atoms with Crippen LogP contribution in [0.2, 0.25) is 0 Å². The summed E-state index contributed by atoms with van der Waals surface area (Å²) in [5.41, 5.74) is 4.85. The first-order valence-corrected chi connectivity index (χ1v) is 12.8. The maximum atomic E-state index is 13.6. The van der Waals surface area contributed by atoms with Gasteiger partial charge in [-0.15, -0.1) is 0 Å². The van der Waals surface area contributed by atoms with Crippen LogP contribution in [0, 0.1) is 17.1 Å². The second-order valence-electron chi connectivity index (χ2n) is 9.64. The number of aromatic nitrogens is 5. The summed E-state index contributed by atoms with van der Waals surface area (Å²) in [4.78, 5) is 9.22. The van der Waals surface area contributed by atoms with E-state index in [9.17, 15) is 4.39 Å². The van der Waals surface area contributed by atoms with Crippen molar-refractivity contribution in [1.82, 2.24) is 34.2 Å². The molecule has 1 saturated heterocycles. The van der Waals surface area contributed by atoms with Gasteiger partial charge in [0, 0.05) is 43.4 Å². The van der Waals surface area contributed by atoms with E-state index < -0.39 is 0 Å². The Morgan fingerprint density at radius 3 is 2.76 bits per heavy atom. The van der Waals surface area contributed by atoms with E-state index in [-0.39, 0.29) is 5.82 Å². The Bertz CT molecular complexity index is 1620. The number of fused-ring (bicyclic) bond motifs is 2. The van der Waals surface area contributed by atoms with Crippen LogP contribution in [0.3, 0.4) is 0 Å². The quantitative estimate of drug-likeness (QED) is 0.331. The number of hydrogen-bond acceptors (Lipinski definition) is 7. The number of rotatable bonds is 7. The van der Waals surface area contributed by atoms with E-state index in [1.54, 1.807) is 12.4 Å². The predicted octanol–water partition coefficient (Wildman–Crippen LogP) is 4.04. The lowest BCUT2D eigenvalue weighted by Crippen LogP contribution is -2.30. The van der Waals surface area contributed by atoms with Crippen molar-refractivity contribution in [2.45, 2.75) is 19.5 Å². The molecule has 0 spiro atoms. The molecule has 9 nitrogen and oxygen atoms in total. The molecule has 3 aromatic heterocycles. The summed E-state index contributed by atoms with van der Waals surface area (Å²) in [6.45, 7) is 5.55. The van der Waals surface area contributed by atoms with E-state index in [2.05, 4.69) is 42.4 Å². The van der Waals surface area contributed by atoms with Gasteiger partial charge in [-0.1, -0.05) is 12.1 Å². The average Bonchev–Trinajstić information content (AvgIpc) is 3.43. The van der Waals surface area contributed by atoms with Crippen molar-refractivity contribution < 1.29 is 4.39 Å². The molecule has 1 fully saturated rings. The summed E-state index contributed by atoms with van der Waals surface area (Å²) in [5.74, 6) is 0.496. The maximum Gasteiger partial charge on any atom is 0.158 e. The molecule has 0 bridgehead atoms. The molecule has 1 N–H and O–H groups in total. The van der Waals surface area contributed by atoms with Gasteiger partial charge in [0.15, 0.2) is 5.82 Å². The number of nitrogens with zero attached hydrogens (tertiary/aromatic N) is 8. The minimum Gasteiger partial charge on any atom is -0.338 e. The molecule has 6 rings (SSSR count). The van der Waals surface area contributed by atoms with Crippen LogP contribution in [0.5, 0.6) is 0 Å².